The second-order valence-corrected chi connectivity index (χ2v) is 5.83. The van der Waals surface area contributed by atoms with E-state index in [2.05, 4.69) is 15.4 Å². The first kappa shape index (κ1) is 15.4. The van der Waals surface area contributed by atoms with Crippen molar-refractivity contribution in [1.82, 2.24) is 14.8 Å². The van der Waals surface area contributed by atoms with Crippen molar-refractivity contribution in [2.75, 3.05) is 5.32 Å². The van der Waals surface area contributed by atoms with Gasteiger partial charge in [-0.3, -0.25) is 4.79 Å². The smallest absolute Gasteiger partial charge is 0.258 e. The Morgan fingerprint density at radius 2 is 2.09 bits per heavy atom. The van der Waals surface area contributed by atoms with Crippen LogP contribution in [0.2, 0.25) is 5.02 Å². The molecule has 0 radical (unpaired) electrons. The van der Waals surface area contributed by atoms with Gasteiger partial charge in [0.15, 0.2) is 5.65 Å². The maximum Gasteiger partial charge on any atom is 0.258 e. The van der Waals surface area contributed by atoms with Gasteiger partial charge in [-0.1, -0.05) is 11.6 Å². The molecule has 1 amide bonds. The van der Waals surface area contributed by atoms with Crippen LogP contribution in [0.5, 0.6) is 0 Å². The van der Waals surface area contributed by atoms with E-state index in [1.807, 2.05) is 13.8 Å². The first-order valence-corrected chi connectivity index (χ1v) is 7.43. The second kappa shape index (κ2) is 5.96. The molecule has 23 heavy (non-hydrogen) atoms. The third kappa shape index (κ3) is 3.03. The molecule has 3 aromatic rings. The van der Waals surface area contributed by atoms with E-state index in [0.29, 0.717) is 10.7 Å². The summed E-state index contributed by atoms with van der Waals surface area (Å²) < 4.78 is 15.5. The van der Waals surface area contributed by atoms with Crippen LogP contribution in [0.4, 0.5) is 10.1 Å². The number of amides is 1. The number of aromatic nitrogens is 3. The number of benzene rings is 1. The van der Waals surface area contributed by atoms with E-state index < -0.39 is 11.7 Å². The molecule has 7 heteroatoms. The molecule has 0 bridgehead atoms. The van der Waals surface area contributed by atoms with Gasteiger partial charge in [-0.2, -0.15) is 5.10 Å². The van der Waals surface area contributed by atoms with Gasteiger partial charge in [-0.05, 0) is 38.1 Å². The fourth-order valence-corrected chi connectivity index (χ4v) is 2.43. The Morgan fingerprint density at radius 3 is 2.83 bits per heavy atom. The molecule has 0 saturated carbocycles. The van der Waals surface area contributed by atoms with Crippen LogP contribution in [0.3, 0.4) is 0 Å². The van der Waals surface area contributed by atoms with Gasteiger partial charge in [0.25, 0.3) is 5.91 Å². The summed E-state index contributed by atoms with van der Waals surface area (Å²) in [7, 11) is 0. The highest BCUT2D eigenvalue weighted by atomic mass is 35.5. The Morgan fingerprint density at radius 1 is 1.30 bits per heavy atom. The molecular formula is C16H14ClFN4O. The Hall–Kier alpha value is -2.47. The SMILES string of the molecule is CC(C)n1ncc2cc(NC(=O)c3cc(Cl)ccc3F)cnc21. The van der Waals surface area contributed by atoms with Crippen molar-refractivity contribution in [3.05, 3.63) is 53.1 Å². The molecule has 0 fully saturated rings. The van der Waals surface area contributed by atoms with Crippen LogP contribution in [0.1, 0.15) is 30.2 Å². The van der Waals surface area contributed by atoms with E-state index >= 15 is 0 Å². The molecular weight excluding hydrogens is 319 g/mol. The van der Waals surface area contributed by atoms with Gasteiger partial charge < -0.3 is 5.32 Å². The topological polar surface area (TPSA) is 59.8 Å². The molecule has 2 aromatic heterocycles. The Balaban J connectivity index is 1.89. The molecule has 2 heterocycles. The van der Waals surface area contributed by atoms with Crippen molar-refractivity contribution in [2.24, 2.45) is 0 Å². The molecule has 0 atom stereocenters. The summed E-state index contributed by atoms with van der Waals surface area (Å²) in [5.74, 6) is -1.21. The molecule has 1 aromatic carbocycles. The summed E-state index contributed by atoms with van der Waals surface area (Å²) in [4.78, 5) is 16.5. The molecule has 0 aliphatic heterocycles. The lowest BCUT2D eigenvalue weighted by Crippen LogP contribution is -2.14. The summed E-state index contributed by atoms with van der Waals surface area (Å²) in [6, 6.07) is 5.76. The van der Waals surface area contributed by atoms with Crippen LogP contribution >= 0.6 is 11.6 Å². The molecule has 118 valence electrons. The first-order chi connectivity index (χ1) is 11.0. The fraction of sp³-hybridized carbons (Fsp3) is 0.188. The molecule has 0 aliphatic carbocycles. The average Bonchev–Trinajstić information content (AvgIpc) is 2.93. The zero-order valence-electron chi connectivity index (χ0n) is 12.5. The Labute approximate surface area is 137 Å². The van der Waals surface area contributed by atoms with Crippen LogP contribution in [0, 0.1) is 5.82 Å². The summed E-state index contributed by atoms with van der Waals surface area (Å²) in [6.45, 7) is 4.01. The fourth-order valence-electron chi connectivity index (χ4n) is 2.26. The van der Waals surface area contributed by atoms with Gasteiger partial charge in [0, 0.05) is 16.5 Å². The standard InChI is InChI=1S/C16H14ClFN4O/c1-9(2)22-15-10(7-20-22)5-12(8-19-15)21-16(23)13-6-11(17)3-4-14(13)18/h3-9H,1-2H3,(H,21,23). The van der Waals surface area contributed by atoms with Crippen LogP contribution < -0.4 is 5.32 Å². The normalized spacial score (nSPS) is 11.2. The van der Waals surface area contributed by atoms with Crippen LogP contribution in [0.15, 0.2) is 36.7 Å². The summed E-state index contributed by atoms with van der Waals surface area (Å²) >= 11 is 5.80. The van der Waals surface area contributed by atoms with Crippen molar-refractivity contribution in [3.8, 4) is 0 Å². The zero-order valence-corrected chi connectivity index (χ0v) is 13.3. The molecule has 0 spiro atoms. The monoisotopic (exact) mass is 332 g/mol. The highest BCUT2D eigenvalue weighted by molar-refractivity contribution is 6.31. The van der Waals surface area contributed by atoms with Crippen LogP contribution in [-0.2, 0) is 0 Å². The number of pyridine rings is 1. The predicted octanol–water partition coefficient (Wildman–Crippen LogP) is 4.06. The number of nitrogens with one attached hydrogen (secondary N) is 1. The molecule has 1 N–H and O–H groups in total. The number of hydrogen-bond acceptors (Lipinski definition) is 3. The van der Waals surface area contributed by atoms with Gasteiger partial charge in [-0.25, -0.2) is 14.1 Å². The van der Waals surface area contributed by atoms with Gasteiger partial charge in [0.1, 0.15) is 5.82 Å². The van der Waals surface area contributed by atoms with Crippen LogP contribution in [0.25, 0.3) is 11.0 Å². The first-order valence-electron chi connectivity index (χ1n) is 7.05. The molecule has 0 aliphatic rings. The van der Waals surface area contributed by atoms with Gasteiger partial charge >= 0.3 is 0 Å². The lowest BCUT2D eigenvalue weighted by atomic mass is 10.2. The highest BCUT2D eigenvalue weighted by Crippen LogP contribution is 2.21. The molecule has 3 rings (SSSR count). The number of halogens is 2. The van der Waals surface area contributed by atoms with Crippen molar-refractivity contribution in [3.63, 3.8) is 0 Å². The van der Waals surface area contributed by atoms with E-state index in [9.17, 15) is 9.18 Å². The van der Waals surface area contributed by atoms with Gasteiger partial charge in [-0.15, -0.1) is 0 Å². The summed E-state index contributed by atoms with van der Waals surface area (Å²) in [6.07, 6.45) is 3.20. The van der Waals surface area contributed by atoms with Gasteiger partial charge in [0.05, 0.1) is 23.6 Å². The molecule has 5 nitrogen and oxygen atoms in total. The van der Waals surface area contributed by atoms with Crippen LogP contribution in [-0.4, -0.2) is 20.7 Å². The quantitative estimate of drug-likeness (QED) is 0.787. The summed E-state index contributed by atoms with van der Waals surface area (Å²) in [5.41, 5.74) is 1.08. The number of hydrogen-bond donors (Lipinski definition) is 1. The number of rotatable bonds is 3. The highest BCUT2D eigenvalue weighted by Gasteiger charge is 2.14. The molecule has 0 saturated heterocycles. The van der Waals surface area contributed by atoms with Crippen molar-refractivity contribution in [2.45, 2.75) is 19.9 Å². The van der Waals surface area contributed by atoms with E-state index in [0.717, 1.165) is 17.1 Å². The number of carbonyl (C=O) groups is 1. The van der Waals surface area contributed by atoms with E-state index in [1.165, 1.54) is 18.3 Å². The number of fused-ring (bicyclic) bond motifs is 1. The minimum absolute atomic E-state index is 0.115. The third-order valence-electron chi connectivity index (χ3n) is 3.35. The second-order valence-electron chi connectivity index (χ2n) is 5.40. The van der Waals surface area contributed by atoms with Crippen molar-refractivity contribution < 1.29 is 9.18 Å². The summed E-state index contributed by atoms with van der Waals surface area (Å²) in [5, 5.41) is 7.97. The molecule has 0 unspecified atom stereocenters. The maximum atomic E-state index is 13.7. The number of nitrogens with zero attached hydrogens (tertiary/aromatic N) is 3. The minimum Gasteiger partial charge on any atom is -0.320 e. The largest absolute Gasteiger partial charge is 0.320 e. The predicted molar refractivity (Wildman–Crippen MR) is 87.3 cm³/mol. The number of carbonyl (C=O) groups excluding carboxylic acids is 1. The van der Waals surface area contributed by atoms with E-state index in [4.69, 9.17) is 11.6 Å². The zero-order chi connectivity index (χ0) is 16.6. The van der Waals surface area contributed by atoms with E-state index in [1.54, 1.807) is 16.9 Å². The maximum absolute atomic E-state index is 13.7. The van der Waals surface area contributed by atoms with Crippen molar-refractivity contribution >= 4 is 34.2 Å². The number of anilines is 1. The van der Waals surface area contributed by atoms with Gasteiger partial charge in [0.2, 0.25) is 0 Å². The van der Waals surface area contributed by atoms with Crippen molar-refractivity contribution in [1.29, 1.82) is 0 Å². The average molecular weight is 333 g/mol. The minimum atomic E-state index is -0.631. The Bertz CT molecular complexity index is 891. The lowest BCUT2D eigenvalue weighted by Gasteiger charge is -2.08. The Kier molecular flexibility index (Phi) is 4.00. The third-order valence-corrected chi connectivity index (χ3v) is 3.59. The van der Waals surface area contributed by atoms with E-state index in [-0.39, 0.29) is 11.6 Å². The lowest BCUT2D eigenvalue weighted by molar-refractivity contribution is 0.102.